The molecule has 2 rings (SSSR count). The van der Waals surface area contributed by atoms with Gasteiger partial charge in [-0.1, -0.05) is 18.2 Å². The van der Waals surface area contributed by atoms with Gasteiger partial charge in [0.05, 0.1) is 24.1 Å². The minimum atomic E-state index is -0.466. The third-order valence-corrected chi connectivity index (χ3v) is 3.56. The Bertz CT molecular complexity index is 533. The number of morpholine rings is 1. The number of rotatable bonds is 4. The second-order valence-corrected chi connectivity index (χ2v) is 5.17. The van der Waals surface area contributed by atoms with E-state index in [0.29, 0.717) is 25.3 Å². The zero-order chi connectivity index (χ0) is 15.4. The van der Waals surface area contributed by atoms with Gasteiger partial charge >= 0.3 is 0 Å². The molecule has 21 heavy (non-hydrogen) atoms. The maximum absolute atomic E-state index is 12.3. The molecule has 0 aromatic heterocycles. The van der Waals surface area contributed by atoms with Crippen LogP contribution >= 0.6 is 0 Å². The number of hydrogen-bond acceptors (Lipinski definition) is 5. The van der Waals surface area contributed by atoms with Crippen molar-refractivity contribution < 1.29 is 14.5 Å². The molecule has 2 unspecified atom stereocenters. The lowest BCUT2D eigenvalue weighted by atomic mass is 10.1. The van der Waals surface area contributed by atoms with E-state index >= 15 is 0 Å². The summed E-state index contributed by atoms with van der Waals surface area (Å²) in [5, 5.41) is 11.0. The minimum Gasteiger partial charge on any atom is -0.373 e. The number of nitrogens with two attached hydrogens (primary N) is 1. The van der Waals surface area contributed by atoms with Crippen LogP contribution in [0.5, 0.6) is 0 Å². The van der Waals surface area contributed by atoms with E-state index in [4.69, 9.17) is 10.5 Å². The summed E-state index contributed by atoms with van der Waals surface area (Å²) in [6.45, 7) is 3.19. The summed E-state index contributed by atoms with van der Waals surface area (Å²) >= 11 is 0. The summed E-state index contributed by atoms with van der Waals surface area (Å²) in [6, 6.07) is 6.14. The molecule has 1 aliphatic rings. The van der Waals surface area contributed by atoms with Gasteiger partial charge in [-0.2, -0.15) is 0 Å². The van der Waals surface area contributed by atoms with Crippen molar-refractivity contribution in [1.82, 2.24) is 4.90 Å². The maximum Gasteiger partial charge on any atom is 0.273 e. The Morgan fingerprint density at radius 2 is 2.29 bits per heavy atom. The van der Waals surface area contributed by atoms with Crippen LogP contribution in [0.3, 0.4) is 0 Å². The molecule has 1 aromatic carbocycles. The Labute approximate surface area is 122 Å². The lowest BCUT2D eigenvalue weighted by Crippen LogP contribution is -2.51. The molecule has 1 amide bonds. The number of carbonyl (C=O) groups excluding carboxylic acids is 1. The third-order valence-electron chi connectivity index (χ3n) is 3.56. The van der Waals surface area contributed by atoms with E-state index in [1.165, 1.54) is 6.07 Å². The number of para-hydroxylation sites is 1. The Balaban J connectivity index is 2.06. The molecule has 7 heteroatoms. The highest BCUT2D eigenvalue weighted by atomic mass is 16.6. The number of nitro groups is 1. The maximum atomic E-state index is 12.3. The van der Waals surface area contributed by atoms with Crippen LogP contribution < -0.4 is 5.73 Å². The first kappa shape index (κ1) is 15.4. The Kier molecular flexibility index (Phi) is 4.87. The van der Waals surface area contributed by atoms with Crippen molar-refractivity contribution in [2.45, 2.75) is 25.5 Å². The van der Waals surface area contributed by atoms with Crippen LogP contribution in [0, 0.1) is 10.1 Å². The van der Waals surface area contributed by atoms with Crippen molar-refractivity contribution >= 4 is 11.6 Å². The highest BCUT2D eigenvalue weighted by Crippen LogP contribution is 2.19. The predicted octanol–water partition coefficient (Wildman–Crippen LogP) is 0.712. The minimum absolute atomic E-state index is 0.0167. The van der Waals surface area contributed by atoms with Gasteiger partial charge in [-0.25, -0.2) is 0 Å². The van der Waals surface area contributed by atoms with E-state index in [9.17, 15) is 14.9 Å². The van der Waals surface area contributed by atoms with Gasteiger partial charge in [-0.15, -0.1) is 0 Å². The van der Waals surface area contributed by atoms with Crippen molar-refractivity contribution in [2.24, 2.45) is 5.73 Å². The van der Waals surface area contributed by atoms with E-state index in [2.05, 4.69) is 0 Å². The second kappa shape index (κ2) is 6.64. The first-order valence-electron chi connectivity index (χ1n) is 6.86. The lowest BCUT2D eigenvalue weighted by molar-refractivity contribution is -0.385. The lowest BCUT2D eigenvalue weighted by Gasteiger charge is -2.34. The van der Waals surface area contributed by atoms with Crippen molar-refractivity contribution in [3.8, 4) is 0 Å². The normalized spacial score (nSPS) is 20.1. The van der Waals surface area contributed by atoms with Crippen molar-refractivity contribution in [3.05, 3.63) is 39.9 Å². The highest BCUT2D eigenvalue weighted by Gasteiger charge is 2.27. The molecule has 1 aliphatic heterocycles. The molecular weight excluding hydrogens is 274 g/mol. The van der Waals surface area contributed by atoms with E-state index in [1.54, 1.807) is 23.1 Å². The standard InChI is InChI=1S/C14H19N3O4/c1-10(15)13-9-16(6-7-21-13)14(18)8-11-4-2-3-5-12(11)17(19)20/h2-5,10,13H,6-9,15H2,1H3. The topological polar surface area (TPSA) is 98.7 Å². The Morgan fingerprint density at radius 1 is 1.57 bits per heavy atom. The first-order chi connectivity index (χ1) is 9.99. The molecule has 1 saturated heterocycles. The van der Waals surface area contributed by atoms with Gasteiger partial charge < -0.3 is 15.4 Å². The number of benzene rings is 1. The summed E-state index contributed by atoms with van der Waals surface area (Å²) in [5.74, 6) is -0.141. The molecule has 7 nitrogen and oxygen atoms in total. The summed E-state index contributed by atoms with van der Waals surface area (Å²) in [6.07, 6.45) is -0.170. The van der Waals surface area contributed by atoms with Gasteiger partial charge in [0, 0.05) is 30.8 Å². The molecule has 0 aliphatic carbocycles. The van der Waals surface area contributed by atoms with Crippen LogP contribution in [0.25, 0.3) is 0 Å². The number of hydrogen-bond donors (Lipinski definition) is 1. The van der Waals surface area contributed by atoms with Crippen LogP contribution in [0.1, 0.15) is 12.5 Å². The molecular formula is C14H19N3O4. The molecule has 2 N–H and O–H groups in total. The first-order valence-corrected chi connectivity index (χ1v) is 6.86. The van der Waals surface area contributed by atoms with Crippen molar-refractivity contribution in [3.63, 3.8) is 0 Å². The zero-order valence-electron chi connectivity index (χ0n) is 11.9. The fourth-order valence-electron chi connectivity index (χ4n) is 2.33. The molecule has 1 heterocycles. The molecule has 0 radical (unpaired) electrons. The summed E-state index contributed by atoms with van der Waals surface area (Å²) in [4.78, 5) is 24.5. The third kappa shape index (κ3) is 3.77. The molecule has 2 atom stereocenters. The fourth-order valence-corrected chi connectivity index (χ4v) is 2.33. The Hall–Kier alpha value is -1.99. The smallest absolute Gasteiger partial charge is 0.273 e. The monoisotopic (exact) mass is 293 g/mol. The molecule has 1 fully saturated rings. The summed E-state index contributed by atoms with van der Waals surface area (Å²) in [5.41, 5.74) is 6.20. The van der Waals surface area contributed by atoms with Crippen molar-refractivity contribution in [2.75, 3.05) is 19.7 Å². The number of amides is 1. The molecule has 0 spiro atoms. The Morgan fingerprint density at radius 3 is 2.95 bits per heavy atom. The van der Waals surface area contributed by atoms with Gasteiger partial charge in [0.15, 0.2) is 0 Å². The largest absolute Gasteiger partial charge is 0.373 e. The summed E-state index contributed by atoms with van der Waals surface area (Å²) in [7, 11) is 0. The van der Waals surface area contributed by atoms with Crippen LogP contribution in [0.2, 0.25) is 0 Å². The van der Waals surface area contributed by atoms with Gasteiger partial charge in [0.1, 0.15) is 0 Å². The quantitative estimate of drug-likeness (QED) is 0.651. The number of nitrogens with zero attached hydrogens (tertiary/aromatic N) is 2. The van der Waals surface area contributed by atoms with Crippen LogP contribution in [-0.2, 0) is 16.0 Å². The number of nitro benzene ring substituents is 1. The van der Waals surface area contributed by atoms with E-state index in [1.807, 2.05) is 6.92 Å². The SMILES string of the molecule is CC(N)C1CN(C(=O)Cc2ccccc2[N+](=O)[O-])CCO1. The van der Waals surface area contributed by atoms with Gasteiger partial charge in [0.25, 0.3) is 5.69 Å². The zero-order valence-corrected chi connectivity index (χ0v) is 11.9. The summed E-state index contributed by atoms with van der Waals surface area (Å²) < 4.78 is 5.50. The predicted molar refractivity (Wildman–Crippen MR) is 76.8 cm³/mol. The van der Waals surface area contributed by atoms with Crippen LogP contribution in [0.15, 0.2) is 24.3 Å². The van der Waals surface area contributed by atoms with E-state index < -0.39 is 4.92 Å². The molecule has 114 valence electrons. The number of carbonyl (C=O) groups is 1. The van der Waals surface area contributed by atoms with Crippen LogP contribution in [0.4, 0.5) is 5.69 Å². The molecule has 0 bridgehead atoms. The van der Waals surface area contributed by atoms with E-state index in [0.717, 1.165) is 0 Å². The van der Waals surface area contributed by atoms with Crippen LogP contribution in [-0.4, -0.2) is 47.6 Å². The average Bonchev–Trinajstić information content (AvgIpc) is 2.47. The van der Waals surface area contributed by atoms with Gasteiger partial charge in [-0.05, 0) is 6.92 Å². The fraction of sp³-hybridized carbons (Fsp3) is 0.500. The van der Waals surface area contributed by atoms with E-state index in [-0.39, 0.29) is 30.2 Å². The highest BCUT2D eigenvalue weighted by molar-refractivity contribution is 5.80. The van der Waals surface area contributed by atoms with Gasteiger partial charge in [-0.3, -0.25) is 14.9 Å². The van der Waals surface area contributed by atoms with Gasteiger partial charge in [0.2, 0.25) is 5.91 Å². The molecule has 1 aromatic rings. The second-order valence-electron chi connectivity index (χ2n) is 5.17. The van der Waals surface area contributed by atoms with Crippen molar-refractivity contribution in [1.29, 1.82) is 0 Å². The number of ether oxygens (including phenoxy) is 1. The average molecular weight is 293 g/mol. The molecule has 0 saturated carbocycles.